The third-order valence-electron chi connectivity index (χ3n) is 4.72. The van der Waals surface area contributed by atoms with Crippen LogP contribution < -0.4 is 10.2 Å². The van der Waals surface area contributed by atoms with Crippen LogP contribution in [-0.4, -0.2) is 56.1 Å². The van der Waals surface area contributed by atoms with Gasteiger partial charge in [0, 0.05) is 11.5 Å². The summed E-state index contributed by atoms with van der Waals surface area (Å²) in [7, 11) is 0. The van der Waals surface area contributed by atoms with Gasteiger partial charge in [-0.15, -0.1) is 0 Å². The van der Waals surface area contributed by atoms with Crippen LogP contribution >= 0.6 is 23.5 Å². The fraction of sp³-hybridized carbons (Fsp3) is 0.923. The molecule has 4 nitrogen and oxygen atoms in total. The molecule has 0 radical (unpaired) electrons. The summed E-state index contributed by atoms with van der Waals surface area (Å²) in [5.41, 5.74) is 0. The number of carbonyl (C=O) groups excluding carboxylic acids is 2. The zero-order valence-electron chi connectivity index (χ0n) is 22.1. The molecule has 0 spiro atoms. The first-order valence-electron chi connectivity index (χ1n) is 13.1. The molecule has 0 heterocycles. The van der Waals surface area contributed by atoms with Gasteiger partial charge in [-0.1, -0.05) is 104 Å². The average Bonchev–Trinajstić information content (AvgIpc) is 2.77. The number of rotatable bonds is 22. The Hall–Kier alpha value is 0.439. The van der Waals surface area contributed by atoms with E-state index in [-0.39, 0.29) is 32.6 Å². The Morgan fingerprint density at radius 3 is 1.03 bits per heavy atom. The van der Waals surface area contributed by atoms with Crippen LogP contribution in [0.3, 0.4) is 0 Å². The van der Waals surface area contributed by atoms with Gasteiger partial charge in [0.05, 0.1) is 11.9 Å². The second-order valence-corrected chi connectivity index (χ2v) is 13.4. The van der Waals surface area contributed by atoms with E-state index in [2.05, 4.69) is 23.7 Å². The van der Waals surface area contributed by atoms with Gasteiger partial charge in [-0.25, -0.2) is 0 Å². The molecule has 0 saturated carbocycles. The number of hydrogen-bond acceptors (Lipinski definition) is 6. The number of hydrogen-bond donors (Lipinski definition) is 0. The van der Waals surface area contributed by atoms with Crippen molar-refractivity contribution < 1.29 is 19.8 Å². The molecule has 0 fully saturated rings. The van der Waals surface area contributed by atoms with Gasteiger partial charge >= 0.3 is 31.0 Å². The first-order chi connectivity index (χ1) is 16.0. The number of thioether (sulfide) groups is 2. The summed E-state index contributed by atoms with van der Waals surface area (Å²) < 4.78 is 0. The monoisotopic (exact) mass is 612 g/mol. The summed E-state index contributed by atoms with van der Waals surface area (Å²) in [6, 6.07) is 0. The van der Waals surface area contributed by atoms with Gasteiger partial charge in [-0.2, -0.15) is 23.5 Å². The van der Waals surface area contributed by atoms with E-state index in [0.29, 0.717) is 0 Å². The van der Waals surface area contributed by atoms with Crippen LogP contribution in [0.1, 0.15) is 117 Å². The predicted molar refractivity (Wildman–Crippen MR) is 147 cm³/mol. The third-order valence-corrected chi connectivity index (χ3v) is 6.76. The second kappa shape index (κ2) is 37.0. The molecule has 196 valence electrons. The van der Waals surface area contributed by atoms with E-state index in [1.54, 1.807) is 0 Å². The first-order valence-corrected chi connectivity index (χ1v) is 21.1. The molecule has 0 amide bonds. The molecule has 0 saturated heterocycles. The van der Waals surface area contributed by atoms with Crippen LogP contribution in [0.5, 0.6) is 0 Å². The van der Waals surface area contributed by atoms with E-state index >= 15 is 0 Å². The van der Waals surface area contributed by atoms with Crippen LogP contribution in [0.2, 0.25) is 9.88 Å². The van der Waals surface area contributed by atoms with Crippen molar-refractivity contribution in [1.29, 1.82) is 0 Å². The van der Waals surface area contributed by atoms with Gasteiger partial charge in [0.15, 0.2) is 0 Å². The summed E-state index contributed by atoms with van der Waals surface area (Å²) in [5.74, 6) is 0.331. The van der Waals surface area contributed by atoms with Crippen molar-refractivity contribution in [1.82, 2.24) is 0 Å². The fourth-order valence-corrected chi connectivity index (χ4v) is 4.43. The zero-order chi connectivity index (χ0) is 25.4. The number of carboxylic acid groups (broad SMARTS) is 2. The first kappa shape index (κ1) is 38.0. The molecule has 0 aliphatic rings. The Bertz CT molecular complexity index is 351. The molecule has 0 aliphatic heterocycles. The van der Waals surface area contributed by atoms with Crippen LogP contribution in [0.4, 0.5) is 0 Å². The molecule has 33 heavy (non-hydrogen) atoms. The van der Waals surface area contributed by atoms with Gasteiger partial charge in [-0.05, 0) is 24.3 Å². The van der Waals surface area contributed by atoms with Crippen molar-refractivity contribution in [2.75, 3.05) is 23.0 Å². The number of unbranched alkanes of at least 4 members (excludes halogenated alkanes) is 14. The Balaban J connectivity index is -0.000000487. The predicted octanol–water partition coefficient (Wildman–Crippen LogP) is 6.01. The summed E-state index contributed by atoms with van der Waals surface area (Å²) in [6.45, 7) is 4.46. The molecule has 0 unspecified atom stereocenters. The minimum atomic E-state index is -0.945. The van der Waals surface area contributed by atoms with Crippen LogP contribution in [0, 0.1) is 0 Å². The normalized spacial score (nSPS) is 9.82. The Morgan fingerprint density at radius 1 is 0.545 bits per heavy atom. The van der Waals surface area contributed by atoms with Gasteiger partial charge < -0.3 is 19.8 Å². The number of carbonyl (C=O) groups is 2. The van der Waals surface area contributed by atoms with E-state index < -0.39 is 11.9 Å². The van der Waals surface area contributed by atoms with Crippen molar-refractivity contribution in [3.63, 3.8) is 0 Å². The van der Waals surface area contributed by atoms with Crippen LogP contribution in [-0.2, 0) is 9.59 Å². The van der Waals surface area contributed by atoms with E-state index in [0.717, 1.165) is 24.3 Å². The Kier molecular flexibility index (Phi) is 42.6. The summed E-state index contributed by atoms with van der Waals surface area (Å²) in [4.78, 5) is 24.8. The molecule has 0 aromatic rings. The quantitative estimate of drug-likeness (QED) is 0.110. The van der Waals surface area contributed by atoms with Crippen molar-refractivity contribution in [2.24, 2.45) is 0 Å². The summed E-state index contributed by atoms with van der Waals surface area (Å²) in [6.07, 6.45) is 20.9. The maximum absolute atomic E-state index is 10.1. The molecule has 0 bridgehead atoms. The van der Waals surface area contributed by atoms with E-state index in [1.807, 2.05) is 0 Å². The average molecular weight is 612 g/mol. The molecule has 0 N–H and O–H groups in total. The SMILES string of the molecule is CCCCCCCCCCSCC(=O)[O-].CCCCCCCCCCSCC(=O)[O-].[CH3][Sn+2][CH3]. The number of aliphatic carboxylic acids is 2. The maximum atomic E-state index is 10.1. The van der Waals surface area contributed by atoms with Gasteiger partial charge in [0.25, 0.3) is 0 Å². The van der Waals surface area contributed by atoms with Gasteiger partial charge in [0.2, 0.25) is 0 Å². The van der Waals surface area contributed by atoms with E-state index in [1.165, 1.54) is 113 Å². The summed E-state index contributed by atoms with van der Waals surface area (Å²) in [5, 5.41) is 20.2. The van der Waals surface area contributed by atoms with Crippen molar-refractivity contribution in [3.05, 3.63) is 0 Å². The molecule has 0 aromatic heterocycles. The molecule has 0 aliphatic carbocycles. The molecule has 0 rings (SSSR count). The van der Waals surface area contributed by atoms with Gasteiger partial charge in [0.1, 0.15) is 0 Å². The minimum absolute atomic E-state index is 0.149. The Labute approximate surface area is 224 Å². The van der Waals surface area contributed by atoms with E-state index in [4.69, 9.17) is 0 Å². The van der Waals surface area contributed by atoms with Crippen LogP contribution in [0.15, 0.2) is 0 Å². The molecule has 7 heteroatoms. The fourth-order valence-electron chi connectivity index (χ4n) is 2.99. The molecular weight excluding hydrogens is 559 g/mol. The van der Waals surface area contributed by atoms with Crippen LogP contribution in [0.25, 0.3) is 0 Å². The van der Waals surface area contributed by atoms with Crippen molar-refractivity contribution in [3.8, 4) is 0 Å². The van der Waals surface area contributed by atoms with Crippen molar-refractivity contribution in [2.45, 2.75) is 126 Å². The topological polar surface area (TPSA) is 80.3 Å². The molecule has 0 atom stereocenters. The van der Waals surface area contributed by atoms with Crippen molar-refractivity contribution >= 4 is 56.6 Å². The summed E-state index contributed by atoms with van der Waals surface area (Å²) >= 11 is 3.17. The van der Waals surface area contributed by atoms with E-state index in [9.17, 15) is 19.8 Å². The zero-order valence-corrected chi connectivity index (χ0v) is 26.6. The Morgan fingerprint density at radius 2 is 0.788 bits per heavy atom. The number of carboxylic acids is 2. The molecule has 0 aromatic carbocycles. The second-order valence-electron chi connectivity index (χ2n) is 8.30. The van der Waals surface area contributed by atoms with Gasteiger partial charge in [-0.3, -0.25) is 0 Å². The standard InChI is InChI=1S/2C12H24O2S.2CH3.Sn/c2*1-2-3-4-5-6-7-8-9-10-15-11-12(13)14;;;/h2*2-11H2,1H3,(H,13,14);2*1H3;/q;;;;+2/p-2. The molecular formula is C26H52O4S2Sn. The third kappa shape index (κ3) is 50.3.